The van der Waals surface area contributed by atoms with Gasteiger partial charge in [-0.25, -0.2) is 4.98 Å². The third-order valence-electron chi connectivity index (χ3n) is 2.89. The van der Waals surface area contributed by atoms with Crippen LogP contribution in [0.3, 0.4) is 0 Å². The van der Waals surface area contributed by atoms with Crippen molar-refractivity contribution in [2.45, 2.75) is 13.0 Å². The Labute approximate surface area is 99.1 Å². The number of nitrogens with zero attached hydrogens (tertiary/aromatic N) is 3. The first-order valence-electron chi connectivity index (χ1n) is 5.57. The van der Waals surface area contributed by atoms with Crippen LogP contribution in [0.15, 0.2) is 30.5 Å². The number of imidazole rings is 1. The molecule has 1 aliphatic rings. The highest BCUT2D eigenvalue weighted by Crippen LogP contribution is 2.26. The van der Waals surface area contributed by atoms with Crippen molar-refractivity contribution in [1.82, 2.24) is 9.55 Å². The third kappa shape index (κ3) is 1.66. The van der Waals surface area contributed by atoms with Crippen LogP contribution in [0, 0.1) is 11.3 Å². The minimum absolute atomic E-state index is 0.670. The van der Waals surface area contributed by atoms with Gasteiger partial charge < -0.3 is 4.74 Å². The molecule has 0 saturated carbocycles. The first-order valence-corrected chi connectivity index (χ1v) is 5.57. The summed E-state index contributed by atoms with van der Waals surface area (Å²) in [6.45, 7) is 1.68. The van der Waals surface area contributed by atoms with Gasteiger partial charge in [0.05, 0.1) is 30.1 Å². The van der Waals surface area contributed by atoms with E-state index in [0.717, 1.165) is 30.8 Å². The summed E-state index contributed by atoms with van der Waals surface area (Å²) in [6.07, 6.45) is 2.83. The Bertz CT molecular complexity index is 578. The van der Waals surface area contributed by atoms with E-state index in [9.17, 15) is 0 Å². The van der Waals surface area contributed by atoms with Crippen LogP contribution >= 0.6 is 0 Å². The average molecular weight is 225 g/mol. The smallest absolute Gasteiger partial charge is 0.296 e. The maximum Gasteiger partial charge on any atom is 0.296 e. The van der Waals surface area contributed by atoms with Crippen LogP contribution in [0.5, 0.6) is 6.01 Å². The van der Waals surface area contributed by atoms with Gasteiger partial charge in [-0.1, -0.05) is 12.1 Å². The highest BCUT2D eigenvalue weighted by Gasteiger charge is 2.15. The Morgan fingerprint density at radius 1 is 1.29 bits per heavy atom. The van der Waals surface area contributed by atoms with Crippen LogP contribution in [0.25, 0.3) is 11.3 Å². The Balaban J connectivity index is 2.03. The largest absolute Gasteiger partial charge is 0.465 e. The second-order valence-electron chi connectivity index (χ2n) is 3.97. The lowest BCUT2D eigenvalue weighted by Crippen LogP contribution is -2.14. The normalized spacial score (nSPS) is 13.6. The number of nitriles is 1. The predicted octanol–water partition coefficient (Wildman–Crippen LogP) is 2.20. The lowest BCUT2D eigenvalue weighted by molar-refractivity contribution is 0.232. The molecule has 0 atom stereocenters. The zero-order chi connectivity index (χ0) is 11.7. The van der Waals surface area contributed by atoms with Gasteiger partial charge in [-0.05, 0) is 24.1 Å². The van der Waals surface area contributed by atoms with E-state index in [4.69, 9.17) is 10.00 Å². The lowest BCUT2D eigenvalue weighted by Gasteiger charge is -2.16. The average Bonchev–Trinajstić information content (AvgIpc) is 2.83. The second kappa shape index (κ2) is 3.95. The van der Waals surface area contributed by atoms with E-state index in [1.54, 1.807) is 0 Å². The van der Waals surface area contributed by atoms with Crippen molar-refractivity contribution in [1.29, 1.82) is 5.26 Å². The number of rotatable bonds is 1. The van der Waals surface area contributed by atoms with E-state index in [-0.39, 0.29) is 0 Å². The van der Waals surface area contributed by atoms with Gasteiger partial charge in [0.15, 0.2) is 0 Å². The van der Waals surface area contributed by atoms with Crippen LogP contribution in [0.4, 0.5) is 0 Å². The van der Waals surface area contributed by atoms with Crippen molar-refractivity contribution in [3.63, 3.8) is 0 Å². The number of aromatic nitrogens is 2. The van der Waals surface area contributed by atoms with Gasteiger partial charge in [0.25, 0.3) is 6.01 Å². The second-order valence-corrected chi connectivity index (χ2v) is 3.97. The van der Waals surface area contributed by atoms with Gasteiger partial charge >= 0.3 is 0 Å². The molecule has 84 valence electrons. The van der Waals surface area contributed by atoms with Crippen molar-refractivity contribution < 1.29 is 4.74 Å². The molecule has 0 aliphatic carbocycles. The van der Waals surface area contributed by atoms with Crippen LogP contribution < -0.4 is 4.74 Å². The predicted molar refractivity (Wildman–Crippen MR) is 62.5 cm³/mol. The summed E-state index contributed by atoms with van der Waals surface area (Å²) in [5, 5.41) is 8.76. The maximum atomic E-state index is 8.76. The zero-order valence-corrected chi connectivity index (χ0v) is 9.26. The van der Waals surface area contributed by atoms with Gasteiger partial charge in [0.1, 0.15) is 0 Å². The molecule has 0 bridgehead atoms. The zero-order valence-electron chi connectivity index (χ0n) is 9.26. The van der Waals surface area contributed by atoms with Crippen molar-refractivity contribution in [2.24, 2.45) is 0 Å². The van der Waals surface area contributed by atoms with E-state index in [1.807, 2.05) is 30.5 Å². The summed E-state index contributed by atoms with van der Waals surface area (Å²) in [5.74, 6) is 0. The minimum Gasteiger partial charge on any atom is -0.465 e. The molecule has 0 amide bonds. The molecule has 4 heteroatoms. The Kier molecular flexibility index (Phi) is 2.30. The number of hydrogen-bond donors (Lipinski definition) is 0. The molecule has 4 nitrogen and oxygen atoms in total. The minimum atomic E-state index is 0.670. The summed E-state index contributed by atoms with van der Waals surface area (Å²) >= 11 is 0. The fraction of sp³-hybridized carbons (Fsp3) is 0.231. The molecule has 2 heterocycles. The molecule has 0 radical (unpaired) electrons. The Morgan fingerprint density at radius 2 is 2.12 bits per heavy atom. The molecular formula is C13H11N3O. The van der Waals surface area contributed by atoms with Crippen molar-refractivity contribution in [3.05, 3.63) is 36.0 Å². The standard InChI is InChI=1S/C13H11N3O/c14-8-10-2-4-11(5-3-10)12-9-15-13-16(12)6-1-7-17-13/h2-5,9H,1,6-7H2. The maximum absolute atomic E-state index is 8.76. The van der Waals surface area contributed by atoms with E-state index in [0.29, 0.717) is 11.6 Å². The molecule has 0 fully saturated rings. The Morgan fingerprint density at radius 3 is 2.88 bits per heavy atom. The van der Waals surface area contributed by atoms with Gasteiger partial charge in [-0.15, -0.1) is 0 Å². The SMILES string of the molecule is N#Cc1ccc(-c2cnc3n2CCCO3)cc1. The molecule has 1 aromatic carbocycles. The summed E-state index contributed by atoms with van der Waals surface area (Å²) in [5.41, 5.74) is 2.78. The first kappa shape index (κ1) is 9.91. The number of hydrogen-bond acceptors (Lipinski definition) is 3. The molecule has 1 aromatic heterocycles. The fourth-order valence-electron chi connectivity index (χ4n) is 2.02. The number of ether oxygens (including phenoxy) is 1. The van der Waals surface area contributed by atoms with Crippen LogP contribution in [0.2, 0.25) is 0 Å². The topological polar surface area (TPSA) is 50.8 Å². The monoisotopic (exact) mass is 225 g/mol. The molecule has 0 unspecified atom stereocenters. The molecular weight excluding hydrogens is 214 g/mol. The van der Waals surface area contributed by atoms with Crippen LogP contribution in [0.1, 0.15) is 12.0 Å². The van der Waals surface area contributed by atoms with Crippen molar-refractivity contribution in [3.8, 4) is 23.3 Å². The summed E-state index contributed by atoms with van der Waals surface area (Å²) in [6, 6.07) is 10.3. The van der Waals surface area contributed by atoms with E-state index >= 15 is 0 Å². The molecule has 2 aromatic rings. The van der Waals surface area contributed by atoms with Crippen LogP contribution in [-0.2, 0) is 6.54 Å². The molecule has 0 spiro atoms. The van der Waals surface area contributed by atoms with Gasteiger partial charge in [-0.3, -0.25) is 4.57 Å². The highest BCUT2D eigenvalue weighted by atomic mass is 16.5. The lowest BCUT2D eigenvalue weighted by atomic mass is 10.1. The summed E-state index contributed by atoms with van der Waals surface area (Å²) < 4.78 is 7.54. The molecule has 0 N–H and O–H groups in total. The van der Waals surface area contributed by atoms with Gasteiger partial charge in [0.2, 0.25) is 0 Å². The molecule has 1 aliphatic heterocycles. The van der Waals surface area contributed by atoms with Gasteiger partial charge in [0, 0.05) is 6.54 Å². The van der Waals surface area contributed by atoms with E-state index in [2.05, 4.69) is 15.6 Å². The van der Waals surface area contributed by atoms with E-state index < -0.39 is 0 Å². The molecule has 3 rings (SSSR count). The van der Waals surface area contributed by atoms with E-state index in [1.165, 1.54) is 0 Å². The summed E-state index contributed by atoms with van der Waals surface area (Å²) in [7, 11) is 0. The fourth-order valence-corrected chi connectivity index (χ4v) is 2.02. The Hall–Kier alpha value is -2.28. The number of fused-ring (bicyclic) bond motifs is 1. The van der Waals surface area contributed by atoms with Crippen molar-refractivity contribution >= 4 is 0 Å². The van der Waals surface area contributed by atoms with Crippen molar-refractivity contribution in [2.75, 3.05) is 6.61 Å². The van der Waals surface area contributed by atoms with Gasteiger partial charge in [-0.2, -0.15) is 5.26 Å². The molecule has 17 heavy (non-hydrogen) atoms. The molecule has 0 saturated heterocycles. The van der Waals surface area contributed by atoms with Crippen LogP contribution in [-0.4, -0.2) is 16.2 Å². The highest BCUT2D eigenvalue weighted by molar-refractivity contribution is 5.61. The first-order chi connectivity index (χ1) is 8.38. The quantitative estimate of drug-likeness (QED) is 0.747. The number of benzene rings is 1. The summed E-state index contributed by atoms with van der Waals surface area (Å²) in [4.78, 5) is 4.25. The third-order valence-corrected chi connectivity index (χ3v) is 2.89.